The SMILES string of the molecule is C[C](C)CSc1ccccc1. The van der Waals surface area contributed by atoms with Gasteiger partial charge in [-0.05, 0) is 18.1 Å². The van der Waals surface area contributed by atoms with Crippen LogP contribution < -0.4 is 0 Å². The van der Waals surface area contributed by atoms with Crippen LogP contribution in [0.15, 0.2) is 35.2 Å². The minimum absolute atomic E-state index is 1.13. The van der Waals surface area contributed by atoms with Gasteiger partial charge in [-0.3, -0.25) is 0 Å². The van der Waals surface area contributed by atoms with Gasteiger partial charge >= 0.3 is 0 Å². The van der Waals surface area contributed by atoms with Crippen LogP contribution in [0.3, 0.4) is 0 Å². The van der Waals surface area contributed by atoms with Crippen molar-refractivity contribution in [2.24, 2.45) is 0 Å². The van der Waals surface area contributed by atoms with Crippen LogP contribution in [0.2, 0.25) is 0 Å². The van der Waals surface area contributed by atoms with Gasteiger partial charge in [0, 0.05) is 10.6 Å². The van der Waals surface area contributed by atoms with Gasteiger partial charge < -0.3 is 0 Å². The van der Waals surface area contributed by atoms with E-state index in [0.29, 0.717) is 0 Å². The van der Waals surface area contributed by atoms with E-state index in [0.717, 1.165) is 5.75 Å². The summed E-state index contributed by atoms with van der Waals surface area (Å²) in [6.07, 6.45) is 0. The molecule has 0 N–H and O–H groups in total. The molecule has 1 radical (unpaired) electrons. The third-order valence-electron chi connectivity index (χ3n) is 1.27. The molecular formula is C10H13S. The molecule has 0 heterocycles. The number of benzene rings is 1. The van der Waals surface area contributed by atoms with Gasteiger partial charge in [0.05, 0.1) is 0 Å². The topological polar surface area (TPSA) is 0 Å². The smallest absolute Gasteiger partial charge is 0.00721 e. The lowest BCUT2D eigenvalue weighted by Gasteiger charge is -2.02. The summed E-state index contributed by atoms with van der Waals surface area (Å²) in [5, 5.41) is 0. The molecule has 0 saturated heterocycles. The standard InChI is InChI=1S/C10H13S/c1-9(2)8-11-10-6-4-3-5-7-10/h3-7H,8H2,1-2H3. The van der Waals surface area contributed by atoms with E-state index in [1.165, 1.54) is 10.8 Å². The van der Waals surface area contributed by atoms with Crippen LogP contribution in [0.4, 0.5) is 0 Å². The molecule has 0 aromatic heterocycles. The molecule has 0 fully saturated rings. The van der Waals surface area contributed by atoms with Crippen molar-refractivity contribution in [2.45, 2.75) is 18.7 Å². The summed E-state index contributed by atoms with van der Waals surface area (Å²) in [5.74, 6) is 2.60. The Morgan fingerprint density at radius 3 is 2.36 bits per heavy atom. The second-order valence-electron chi connectivity index (χ2n) is 2.81. The van der Waals surface area contributed by atoms with Crippen molar-refractivity contribution in [1.82, 2.24) is 0 Å². The minimum Gasteiger partial charge on any atom is -0.126 e. The zero-order chi connectivity index (χ0) is 8.10. The highest BCUT2D eigenvalue weighted by molar-refractivity contribution is 7.99. The van der Waals surface area contributed by atoms with E-state index >= 15 is 0 Å². The lowest BCUT2D eigenvalue weighted by Crippen LogP contribution is -1.86. The van der Waals surface area contributed by atoms with Crippen molar-refractivity contribution >= 4 is 11.8 Å². The molecular weight excluding hydrogens is 152 g/mol. The summed E-state index contributed by atoms with van der Waals surface area (Å²) >= 11 is 1.89. The van der Waals surface area contributed by atoms with Crippen LogP contribution in [0, 0.1) is 5.92 Å². The van der Waals surface area contributed by atoms with E-state index < -0.39 is 0 Å². The quantitative estimate of drug-likeness (QED) is 0.619. The summed E-state index contributed by atoms with van der Waals surface area (Å²) in [6, 6.07) is 10.5. The molecule has 0 atom stereocenters. The van der Waals surface area contributed by atoms with Crippen LogP contribution in [0.25, 0.3) is 0 Å². The molecule has 0 nitrogen and oxygen atoms in total. The Labute approximate surface area is 73.0 Å². The zero-order valence-electron chi connectivity index (χ0n) is 7.00. The van der Waals surface area contributed by atoms with Gasteiger partial charge in [-0.15, -0.1) is 11.8 Å². The number of thioether (sulfide) groups is 1. The van der Waals surface area contributed by atoms with Gasteiger partial charge in [0.1, 0.15) is 0 Å². The molecule has 0 spiro atoms. The fourth-order valence-electron chi connectivity index (χ4n) is 0.744. The average Bonchev–Trinajstić information content (AvgIpc) is 2.03. The molecule has 1 heteroatoms. The molecule has 0 unspecified atom stereocenters. The van der Waals surface area contributed by atoms with Gasteiger partial charge in [-0.25, -0.2) is 0 Å². The van der Waals surface area contributed by atoms with Crippen molar-refractivity contribution in [3.8, 4) is 0 Å². The monoisotopic (exact) mass is 165 g/mol. The predicted molar refractivity (Wildman–Crippen MR) is 51.8 cm³/mol. The second kappa shape index (κ2) is 4.45. The lowest BCUT2D eigenvalue weighted by atomic mass is 10.3. The van der Waals surface area contributed by atoms with Crippen molar-refractivity contribution in [2.75, 3.05) is 5.75 Å². The van der Waals surface area contributed by atoms with E-state index in [-0.39, 0.29) is 0 Å². The summed E-state index contributed by atoms with van der Waals surface area (Å²) < 4.78 is 0. The van der Waals surface area contributed by atoms with Crippen LogP contribution in [0.5, 0.6) is 0 Å². The molecule has 0 aliphatic carbocycles. The van der Waals surface area contributed by atoms with Crippen LogP contribution >= 0.6 is 11.8 Å². The summed E-state index contributed by atoms with van der Waals surface area (Å²) in [7, 11) is 0. The van der Waals surface area contributed by atoms with Crippen LogP contribution in [0.1, 0.15) is 13.8 Å². The molecule has 0 aliphatic heterocycles. The summed E-state index contributed by atoms with van der Waals surface area (Å²) in [5.41, 5.74) is 0. The van der Waals surface area contributed by atoms with Gasteiger partial charge in [0.2, 0.25) is 0 Å². The Morgan fingerprint density at radius 2 is 1.82 bits per heavy atom. The highest BCUT2D eigenvalue weighted by atomic mass is 32.2. The first-order chi connectivity index (χ1) is 5.29. The Balaban J connectivity index is 2.39. The minimum atomic E-state index is 1.13. The van der Waals surface area contributed by atoms with Gasteiger partial charge in [0.15, 0.2) is 0 Å². The third-order valence-corrected chi connectivity index (χ3v) is 2.60. The van der Waals surface area contributed by atoms with E-state index in [1.54, 1.807) is 0 Å². The summed E-state index contributed by atoms with van der Waals surface area (Å²) in [4.78, 5) is 1.36. The van der Waals surface area contributed by atoms with Crippen molar-refractivity contribution < 1.29 is 0 Å². The van der Waals surface area contributed by atoms with Gasteiger partial charge in [-0.1, -0.05) is 32.0 Å². The highest BCUT2D eigenvalue weighted by Gasteiger charge is 1.95. The van der Waals surface area contributed by atoms with Crippen molar-refractivity contribution in [1.29, 1.82) is 0 Å². The first-order valence-electron chi connectivity index (χ1n) is 3.76. The second-order valence-corrected chi connectivity index (χ2v) is 3.86. The maximum atomic E-state index is 2.16. The fourth-order valence-corrected chi connectivity index (χ4v) is 1.55. The lowest BCUT2D eigenvalue weighted by molar-refractivity contribution is 1.11. The molecule has 59 valence electrons. The van der Waals surface area contributed by atoms with E-state index in [4.69, 9.17) is 0 Å². The Kier molecular flexibility index (Phi) is 3.50. The maximum Gasteiger partial charge on any atom is 0.00721 e. The maximum absolute atomic E-state index is 2.16. The Morgan fingerprint density at radius 1 is 1.18 bits per heavy atom. The normalized spacial score (nSPS) is 10.5. The van der Waals surface area contributed by atoms with Gasteiger partial charge in [-0.2, -0.15) is 0 Å². The molecule has 0 amide bonds. The molecule has 0 aliphatic rings. The Bertz CT molecular complexity index is 191. The molecule has 11 heavy (non-hydrogen) atoms. The number of hydrogen-bond donors (Lipinski definition) is 0. The van der Waals surface area contributed by atoms with Crippen molar-refractivity contribution in [3.05, 3.63) is 36.2 Å². The fraction of sp³-hybridized carbons (Fsp3) is 0.300. The first kappa shape index (κ1) is 8.66. The zero-order valence-corrected chi connectivity index (χ0v) is 7.82. The number of hydrogen-bond acceptors (Lipinski definition) is 1. The van der Waals surface area contributed by atoms with Crippen LogP contribution in [-0.2, 0) is 0 Å². The van der Waals surface area contributed by atoms with E-state index in [2.05, 4.69) is 38.1 Å². The molecule has 1 aromatic carbocycles. The molecule has 1 aromatic rings. The molecule has 0 bridgehead atoms. The third kappa shape index (κ3) is 3.47. The Hall–Kier alpha value is -0.430. The highest BCUT2D eigenvalue weighted by Crippen LogP contribution is 2.20. The van der Waals surface area contributed by atoms with Gasteiger partial charge in [0.25, 0.3) is 0 Å². The van der Waals surface area contributed by atoms with Crippen molar-refractivity contribution in [3.63, 3.8) is 0 Å². The first-order valence-corrected chi connectivity index (χ1v) is 4.74. The van der Waals surface area contributed by atoms with Crippen LogP contribution in [-0.4, -0.2) is 5.75 Å². The van der Waals surface area contributed by atoms with E-state index in [9.17, 15) is 0 Å². The molecule has 0 saturated carbocycles. The number of rotatable bonds is 3. The average molecular weight is 165 g/mol. The van der Waals surface area contributed by atoms with E-state index in [1.807, 2.05) is 17.8 Å². The largest absolute Gasteiger partial charge is 0.126 e. The summed E-state index contributed by atoms with van der Waals surface area (Å²) in [6.45, 7) is 4.33. The predicted octanol–water partition coefficient (Wildman–Crippen LogP) is 3.39. The molecule has 1 rings (SSSR count).